The minimum absolute atomic E-state index is 0.129. The van der Waals surface area contributed by atoms with Gasteiger partial charge in [0.05, 0.1) is 12.4 Å². The van der Waals surface area contributed by atoms with Crippen LogP contribution in [-0.4, -0.2) is 32.8 Å². The Kier molecular flexibility index (Phi) is 5.29. The van der Waals surface area contributed by atoms with Crippen molar-refractivity contribution in [1.29, 1.82) is 0 Å². The molecule has 31 heavy (non-hydrogen) atoms. The second-order valence-electron chi connectivity index (χ2n) is 8.29. The van der Waals surface area contributed by atoms with Gasteiger partial charge in [-0.25, -0.2) is 9.89 Å². The molecule has 4 N–H and O–H groups in total. The van der Waals surface area contributed by atoms with Crippen LogP contribution in [0.5, 0.6) is 0 Å². The molecule has 1 aromatic carbocycles. The molecular weight excluding hydrogens is 410 g/mol. The minimum atomic E-state index is 0.129. The highest BCUT2D eigenvalue weighted by molar-refractivity contribution is 7.97. The van der Waals surface area contributed by atoms with Crippen LogP contribution < -0.4 is 15.5 Å². The van der Waals surface area contributed by atoms with Gasteiger partial charge in [0.1, 0.15) is 12.7 Å². The summed E-state index contributed by atoms with van der Waals surface area (Å²) >= 11 is 1.64. The van der Waals surface area contributed by atoms with E-state index in [1.165, 1.54) is 0 Å². The summed E-state index contributed by atoms with van der Waals surface area (Å²) < 4.78 is 2.16. The van der Waals surface area contributed by atoms with E-state index in [4.69, 9.17) is 0 Å². The van der Waals surface area contributed by atoms with Crippen molar-refractivity contribution in [3.63, 3.8) is 0 Å². The fourth-order valence-electron chi connectivity index (χ4n) is 3.46. The zero-order chi connectivity index (χ0) is 21.4. The van der Waals surface area contributed by atoms with Crippen LogP contribution in [0.1, 0.15) is 38.3 Å². The number of quaternary nitrogens is 1. The van der Waals surface area contributed by atoms with E-state index in [0.717, 1.165) is 58.0 Å². The molecule has 0 spiro atoms. The van der Waals surface area contributed by atoms with Crippen molar-refractivity contribution >= 4 is 35.2 Å². The number of rotatable bonds is 7. The van der Waals surface area contributed by atoms with Crippen LogP contribution in [0.3, 0.4) is 0 Å². The topological polar surface area (TPSA) is 89.8 Å². The normalized spacial score (nSPS) is 19.8. The SMILES string of the molecule is CC(C)c1cc(NC2=CN(Sc3ccc(NC(=O)C4CC4)cc3)CC3=NC=C[NH+]23)n[nH]1. The molecule has 1 aliphatic carbocycles. The van der Waals surface area contributed by atoms with Gasteiger partial charge in [0.25, 0.3) is 0 Å². The molecule has 3 heterocycles. The molecule has 0 bridgehead atoms. The van der Waals surface area contributed by atoms with Crippen LogP contribution in [0.15, 0.2) is 64.6 Å². The van der Waals surface area contributed by atoms with Crippen LogP contribution in [0.2, 0.25) is 0 Å². The molecule has 2 aromatic rings. The smallest absolute Gasteiger partial charge is 0.233 e. The summed E-state index contributed by atoms with van der Waals surface area (Å²) in [4.78, 5) is 18.7. The monoisotopic (exact) mass is 436 g/mol. The van der Waals surface area contributed by atoms with Crippen molar-refractivity contribution in [2.24, 2.45) is 10.9 Å². The quantitative estimate of drug-likeness (QED) is 0.501. The zero-order valence-electron chi connectivity index (χ0n) is 17.6. The number of benzene rings is 1. The summed E-state index contributed by atoms with van der Waals surface area (Å²) in [5.41, 5.74) is 1.94. The number of amidine groups is 1. The van der Waals surface area contributed by atoms with Crippen molar-refractivity contribution in [2.45, 2.75) is 37.5 Å². The number of nitrogens with zero attached hydrogens (tertiary/aromatic N) is 3. The van der Waals surface area contributed by atoms with Gasteiger partial charge in [-0.15, -0.1) is 0 Å². The van der Waals surface area contributed by atoms with E-state index in [1.807, 2.05) is 42.7 Å². The van der Waals surface area contributed by atoms with E-state index in [-0.39, 0.29) is 11.8 Å². The van der Waals surface area contributed by atoms with Crippen LogP contribution in [-0.2, 0) is 4.79 Å². The number of H-pyrrole nitrogens is 1. The number of anilines is 2. The molecule has 1 fully saturated rings. The lowest BCUT2D eigenvalue weighted by Gasteiger charge is -2.27. The molecular formula is C22H26N7OS+. The van der Waals surface area contributed by atoms with Crippen molar-refractivity contribution < 1.29 is 9.69 Å². The third kappa shape index (κ3) is 4.52. The van der Waals surface area contributed by atoms with Gasteiger partial charge in [0.2, 0.25) is 17.6 Å². The first-order valence-electron chi connectivity index (χ1n) is 10.6. The highest BCUT2D eigenvalue weighted by Crippen LogP contribution is 2.31. The van der Waals surface area contributed by atoms with Crippen molar-refractivity contribution in [2.75, 3.05) is 17.2 Å². The lowest BCUT2D eigenvalue weighted by Crippen LogP contribution is -3.10. The van der Waals surface area contributed by atoms with Crippen LogP contribution in [0.25, 0.3) is 0 Å². The van der Waals surface area contributed by atoms with E-state index in [9.17, 15) is 4.79 Å². The first-order valence-corrected chi connectivity index (χ1v) is 11.3. The van der Waals surface area contributed by atoms with E-state index in [1.54, 1.807) is 11.9 Å². The maximum Gasteiger partial charge on any atom is 0.233 e. The fraction of sp³-hybridized carbons (Fsp3) is 0.318. The average molecular weight is 437 g/mol. The summed E-state index contributed by atoms with van der Waals surface area (Å²) in [6.07, 6.45) is 7.99. The maximum atomic E-state index is 11.9. The van der Waals surface area contributed by atoms with Gasteiger partial charge in [0.15, 0.2) is 5.82 Å². The Morgan fingerprint density at radius 2 is 2.10 bits per heavy atom. The van der Waals surface area contributed by atoms with E-state index in [0.29, 0.717) is 5.92 Å². The molecule has 8 nitrogen and oxygen atoms in total. The average Bonchev–Trinajstić information content (AvgIpc) is 3.31. The van der Waals surface area contributed by atoms with Gasteiger partial charge in [0, 0.05) is 28.3 Å². The number of aromatic nitrogens is 2. The third-order valence-corrected chi connectivity index (χ3v) is 6.38. The molecule has 1 atom stereocenters. The van der Waals surface area contributed by atoms with E-state index < -0.39 is 0 Å². The number of carbonyl (C=O) groups is 1. The number of hydrogen-bond donors (Lipinski definition) is 4. The Labute approximate surface area is 185 Å². The van der Waals surface area contributed by atoms with E-state index >= 15 is 0 Å². The first kappa shape index (κ1) is 19.9. The first-order chi connectivity index (χ1) is 15.0. The van der Waals surface area contributed by atoms with Gasteiger partial charge in [-0.3, -0.25) is 19.5 Å². The predicted octanol–water partition coefficient (Wildman–Crippen LogP) is 2.88. The van der Waals surface area contributed by atoms with Crippen molar-refractivity contribution in [3.8, 4) is 0 Å². The molecule has 2 aliphatic heterocycles. The lowest BCUT2D eigenvalue weighted by atomic mass is 10.1. The van der Waals surface area contributed by atoms with Gasteiger partial charge in [-0.2, -0.15) is 5.10 Å². The Morgan fingerprint density at radius 1 is 1.29 bits per heavy atom. The van der Waals surface area contributed by atoms with Gasteiger partial charge < -0.3 is 5.32 Å². The van der Waals surface area contributed by atoms with Gasteiger partial charge >= 0.3 is 0 Å². The summed E-state index contributed by atoms with van der Waals surface area (Å²) in [6, 6.07) is 10.0. The molecule has 9 heteroatoms. The second-order valence-corrected chi connectivity index (χ2v) is 9.41. The maximum absolute atomic E-state index is 11.9. The Morgan fingerprint density at radius 3 is 2.81 bits per heavy atom. The van der Waals surface area contributed by atoms with Crippen LogP contribution in [0, 0.1) is 5.92 Å². The number of fused-ring (bicyclic) bond motifs is 1. The van der Waals surface area contributed by atoms with E-state index in [2.05, 4.69) is 50.2 Å². The number of amides is 1. The largest absolute Gasteiger partial charge is 0.326 e. The minimum Gasteiger partial charge on any atom is -0.326 e. The highest BCUT2D eigenvalue weighted by Gasteiger charge is 2.32. The number of carbonyl (C=O) groups excluding carboxylic acids is 1. The zero-order valence-corrected chi connectivity index (χ0v) is 18.4. The van der Waals surface area contributed by atoms with Crippen molar-refractivity contribution in [3.05, 3.63) is 60.4 Å². The standard InChI is InChI=1S/C22H25N7OS/c1-14(2)18-11-19(27-26-18)25-21-13-28(12-20-23-9-10-29(20)21)31-17-7-5-16(6-8-17)24-22(30)15-3-4-15/h5-11,13-15H,3-4,12H2,1-2H3,(H,24,30)(H2,25,26,27)/p+1. The summed E-state index contributed by atoms with van der Waals surface area (Å²) in [6.45, 7) is 4.99. The molecule has 5 rings (SSSR count). The number of hydrogen-bond acceptors (Lipinski definition) is 6. The molecule has 1 amide bonds. The lowest BCUT2D eigenvalue weighted by molar-refractivity contribution is -0.699. The predicted molar refractivity (Wildman–Crippen MR) is 122 cm³/mol. The van der Waals surface area contributed by atoms with Crippen LogP contribution >= 0.6 is 11.9 Å². The molecule has 1 aromatic heterocycles. The van der Waals surface area contributed by atoms with Gasteiger partial charge in [-0.1, -0.05) is 13.8 Å². The highest BCUT2D eigenvalue weighted by atomic mass is 32.2. The molecule has 160 valence electrons. The molecule has 1 saturated carbocycles. The Bertz CT molecular complexity index is 1070. The van der Waals surface area contributed by atoms with Crippen LogP contribution in [0.4, 0.5) is 11.5 Å². The Hall–Kier alpha value is -3.04. The second kappa shape index (κ2) is 8.24. The summed E-state index contributed by atoms with van der Waals surface area (Å²) in [7, 11) is 0. The molecule has 0 radical (unpaired) electrons. The molecule has 3 aliphatic rings. The van der Waals surface area contributed by atoms with Crippen molar-refractivity contribution in [1.82, 2.24) is 14.5 Å². The summed E-state index contributed by atoms with van der Waals surface area (Å²) in [5.74, 6) is 3.53. The van der Waals surface area contributed by atoms with Gasteiger partial charge in [-0.05, 0) is 55.0 Å². The number of aliphatic imine (C=N–C) groups is 1. The summed E-state index contributed by atoms with van der Waals surface area (Å²) in [5, 5.41) is 13.9. The molecule has 1 unspecified atom stereocenters. The molecule has 0 saturated heterocycles. The number of nitrogens with one attached hydrogen (secondary N) is 4. The Balaban J connectivity index is 1.28. The number of aromatic amines is 1. The fourth-order valence-corrected chi connectivity index (χ4v) is 4.34. The third-order valence-electron chi connectivity index (χ3n) is 5.43.